The first kappa shape index (κ1) is 15.1. The minimum atomic E-state index is -1.01. The third-order valence-corrected chi connectivity index (χ3v) is 3.37. The number of hydrogen-bond donors (Lipinski definition) is 1. The maximum atomic E-state index is 12.4. The monoisotopic (exact) mass is 289 g/mol. The van der Waals surface area contributed by atoms with Crippen molar-refractivity contribution < 1.29 is 19.1 Å². The summed E-state index contributed by atoms with van der Waals surface area (Å²) in [5, 5.41) is 9.85. The predicted molar refractivity (Wildman–Crippen MR) is 79.1 cm³/mol. The van der Waals surface area contributed by atoms with E-state index in [4.69, 9.17) is 9.52 Å². The van der Waals surface area contributed by atoms with E-state index >= 15 is 0 Å². The number of benzene rings is 1. The van der Waals surface area contributed by atoms with Crippen LogP contribution in [-0.4, -0.2) is 35.0 Å². The van der Waals surface area contributed by atoms with Crippen LogP contribution in [0.15, 0.2) is 34.7 Å². The molecule has 0 aliphatic rings. The van der Waals surface area contributed by atoms with Crippen LogP contribution >= 0.6 is 0 Å². The van der Waals surface area contributed by atoms with Crippen molar-refractivity contribution in [2.45, 2.75) is 26.2 Å². The summed E-state index contributed by atoms with van der Waals surface area (Å²) in [5.41, 5.74) is 0.729. The molecule has 1 amide bonds. The van der Waals surface area contributed by atoms with Gasteiger partial charge in [-0.3, -0.25) is 9.59 Å². The lowest BCUT2D eigenvalue weighted by molar-refractivity contribution is -0.145. The quantitative estimate of drug-likeness (QED) is 0.887. The third-order valence-electron chi connectivity index (χ3n) is 3.37. The van der Waals surface area contributed by atoms with Crippen molar-refractivity contribution in [3.63, 3.8) is 0 Å². The molecule has 0 saturated carbocycles. The molecule has 1 aromatic heterocycles. The second kappa shape index (κ2) is 6.43. The van der Waals surface area contributed by atoms with Crippen LogP contribution in [0.25, 0.3) is 11.0 Å². The van der Waals surface area contributed by atoms with Crippen molar-refractivity contribution in [1.29, 1.82) is 0 Å². The van der Waals surface area contributed by atoms with E-state index in [0.29, 0.717) is 18.7 Å². The fourth-order valence-corrected chi connectivity index (χ4v) is 2.31. The Hall–Kier alpha value is -2.30. The maximum absolute atomic E-state index is 12.4. The molecule has 5 heteroatoms. The summed E-state index contributed by atoms with van der Waals surface area (Å²) in [6.45, 7) is 3.80. The molecule has 1 aromatic carbocycles. The Morgan fingerprint density at radius 2 is 2.05 bits per heavy atom. The van der Waals surface area contributed by atoms with Gasteiger partial charge in [-0.1, -0.05) is 25.1 Å². The zero-order chi connectivity index (χ0) is 15.4. The number of para-hydroxylation sites is 1. The average molecular weight is 289 g/mol. The van der Waals surface area contributed by atoms with Crippen molar-refractivity contribution >= 4 is 22.8 Å². The summed E-state index contributed by atoms with van der Waals surface area (Å²) in [4.78, 5) is 24.7. The average Bonchev–Trinajstić information content (AvgIpc) is 2.88. The number of aliphatic carboxylic acids is 1. The Balaban J connectivity index is 2.21. The SMILES string of the molecule is CCCN(CC(=O)O)C(=O)C(C)c1cc2ccccc2o1. The molecular formula is C16H19NO4. The van der Waals surface area contributed by atoms with Crippen molar-refractivity contribution in [3.05, 3.63) is 36.1 Å². The van der Waals surface area contributed by atoms with Crippen LogP contribution in [0, 0.1) is 0 Å². The zero-order valence-electron chi connectivity index (χ0n) is 12.2. The molecule has 2 rings (SSSR count). The number of carbonyl (C=O) groups excluding carboxylic acids is 1. The number of nitrogens with zero attached hydrogens (tertiary/aromatic N) is 1. The minimum Gasteiger partial charge on any atom is -0.480 e. The number of carbonyl (C=O) groups is 2. The van der Waals surface area contributed by atoms with E-state index in [-0.39, 0.29) is 12.5 Å². The Kier molecular flexibility index (Phi) is 4.62. The van der Waals surface area contributed by atoms with Crippen LogP contribution in [0.5, 0.6) is 0 Å². The van der Waals surface area contributed by atoms with Crippen LogP contribution in [0.4, 0.5) is 0 Å². The summed E-state index contributed by atoms with van der Waals surface area (Å²) in [6, 6.07) is 9.37. The minimum absolute atomic E-state index is 0.224. The molecule has 0 bridgehead atoms. The molecular weight excluding hydrogens is 270 g/mol. The van der Waals surface area contributed by atoms with E-state index in [1.807, 2.05) is 37.3 Å². The third kappa shape index (κ3) is 3.42. The van der Waals surface area contributed by atoms with E-state index in [0.717, 1.165) is 11.0 Å². The van der Waals surface area contributed by atoms with Crippen LogP contribution in [0.2, 0.25) is 0 Å². The van der Waals surface area contributed by atoms with Crippen molar-refractivity contribution in [2.75, 3.05) is 13.1 Å². The Labute approximate surface area is 123 Å². The fourth-order valence-electron chi connectivity index (χ4n) is 2.31. The highest BCUT2D eigenvalue weighted by molar-refractivity contribution is 5.87. The van der Waals surface area contributed by atoms with Gasteiger partial charge in [0, 0.05) is 11.9 Å². The lowest BCUT2D eigenvalue weighted by atomic mass is 10.1. The topological polar surface area (TPSA) is 70.8 Å². The number of carboxylic acid groups (broad SMARTS) is 1. The molecule has 5 nitrogen and oxygen atoms in total. The fraction of sp³-hybridized carbons (Fsp3) is 0.375. The molecule has 1 atom stereocenters. The maximum Gasteiger partial charge on any atom is 0.323 e. The molecule has 2 aromatic rings. The van der Waals surface area contributed by atoms with Gasteiger partial charge in [0.1, 0.15) is 17.9 Å². The Morgan fingerprint density at radius 1 is 1.33 bits per heavy atom. The largest absolute Gasteiger partial charge is 0.480 e. The van der Waals surface area contributed by atoms with Gasteiger partial charge < -0.3 is 14.4 Å². The van der Waals surface area contributed by atoms with Gasteiger partial charge in [-0.25, -0.2) is 0 Å². The van der Waals surface area contributed by atoms with Gasteiger partial charge in [0.25, 0.3) is 0 Å². The molecule has 1 unspecified atom stereocenters. The molecule has 112 valence electrons. The van der Waals surface area contributed by atoms with Gasteiger partial charge in [-0.05, 0) is 25.5 Å². The molecule has 1 N–H and O–H groups in total. The van der Waals surface area contributed by atoms with Gasteiger partial charge in [0.05, 0.1) is 5.92 Å². The highest BCUT2D eigenvalue weighted by atomic mass is 16.4. The molecule has 1 heterocycles. The normalized spacial score (nSPS) is 12.3. The van der Waals surface area contributed by atoms with E-state index < -0.39 is 11.9 Å². The van der Waals surface area contributed by atoms with E-state index in [9.17, 15) is 9.59 Å². The first-order chi connectivity index (χ1) is 10.0. The number of amides is 1. The van der Waals surface area contributed by atoms with Gasteiger partial charge in [0.15, 0.2) is 0 Å². The molecule has 0 fully saturated rings. The predicted octanol–water partition coefficient (Wildman–Crippen LogP) is 2.86. The lowest BCUT2D eigenvalue weighted by Gasteiger charge is -2.22. The summed E-state index contributed by atoms with van der Waals surface area (Å²) in [5.74, 6) is -1.16. The standard InChI is InChI=1S/C16H19NO4/c1-3-8-17(10-15(18)19)16(20)11(2)14-9-12-6-4-5-7-13(12)21-14/h4-7,9,11H,3,8,10H2,1-2H3,(H,18,19). The Bertz CT molecular complexity index is 614. The molecule has 21 heavy (non-hydrogen) atoms. The van der Waals surface area contributed by atoms with Crippen molar-refractivity contribution in [2.24, 2.45) is 0 Å². The highest BCUT2D eigenvalue weighted by Gasteiger charge is 2.25. The second-order valence-corrected chi connectivity index (χ2v) is 5.06. The summed E-state index contributed by atoms with van der Waals surface area (Å²) in [6.07, 6.45) is 0.714. The van der Waals surface area contributed by atoms with Crippen LogP contribution in [0.1, 0.15) is 31.9 Å². The second-order valence-electron chi connectivity index (χ2n) is 5.06. The van der Waals surface area contributed by atoms with Gasteiger partial charge >= 0.3 is 5.97 Å². The molecule has 0 aliphatic carbocycles. The molecule has 0 radical (unpaired) electrons. The number of furan rings is 1. The van der Waals surface area contributed by atoms with Crippen LogP contribution in [-0.2, 0) is 9.59 Å². The molecule has 0 saturated heterocycles. The van der Waals surface area contributed by atoms with E-state index in [2.05, 4.69) is 0 Å². The van der Waals surface area contributed by atoms with E-state index in [1.54, 1.807) is 6.92 Å². The van der Waals surface area contributed by atoms with Gasteiger partial charge in [0.2, 0.25) is 5.91 Å². The van der Waals surface area contributed by atoms with Crippen LogP contribution in [0.3, 0.4) is 0 Å². The summed E-state index contributed by atoms with van der Waals surface area (Å²) in [7, 11) is 0. The Morgan fingerprint density at radius 3 is 2.67 bits per heavy atom. The van der Waals surface area contributed by atoms with Crippen LogP contribution < -0.4 is 0 Å². The first-order valence-electron chi connectivity index (χ1n) is 7.02. The number of hydrogen-bond acceptors (Lipinski definition) is 3. The number of fused-ring (bicyclic) bond motifs is 1. The molecule has 0 spiro atoms. The smallest absolute Gasteiger partial charge is 0.323 e. The van der Waals surface area contributed by atoms with Crippen molar-refractivity contribution in [1.82, 2.24) is 4.90 Å². The number of carboxylic acids is 1. The van der Waals surface area contributed by atoms with Gasteiger partial charge in [-0.15, -0.1) is 0 Å². The lowest BCUT2D eigenvalue weighted by Crippen LogP contribution is -2.38. The first-order valence-corrected chi connectivity index (χ1v) is 7.02. The zero-order valence-corrected chi connectivity index (χ0v) is 12.2. The summed E-state index contributed by atoms with van der Waals surface area (Å²) >= 11 is 0. The molecule has 0 aliphatic heterocycles. The van der Waals surface area contributed by atoms with E-state index in [1.165, 1.54) is 4.90 Å². The highest BCUT2D eigenvalue weighted by Crippen LogP contribution is 2.26. The number of rotatable bonds is 6. The summed E-state index contributed by atoms with van der Waals surface area (Å²) < 4.78 is 5.69. The van der Waals surface area contributed by atoms with Crippen molar-refractivity contribution in [3.8, 4) is 0 Å². The van der Waals surface area contributed by atoms with Gasteiger partial charge in [-0.2, -0.15) is 0 Å².